The van der Waals surface area contributed by atoms with Gasteiger partial charge in [-0.25, -0.2) is 4.79 Å². The van der Waals surface area contributed by atoms with Crippen molar-refractivity contribution in [2.75, 3.05) is 17.7 Å². The Bertz CT molecular complexity index is 913. The molecular formula is C19H17N3O4. The molecule has 7 heteroatoms. The highest BCUT2D eigenvalue weighted by atomic mass is 16.5. The maximum atomic E-state index is 12.3. The van der Waals surface area contributed by atoms with E-state index in [0.29, 0.717) is 5.69 Å². The smallest absolute Gasteiger partial charge is 0.339 e. The lowest BCUT2D eigenvalue weighted by Gasteiger charge is -2.09. The van der Waals surface area contributed by atoms with Crippen LogP contribution in [-0.4, -0.2) is 24.1 Å². The van der Waals surface area contributed by atoms with E-state index in [-0.39, 0.29) is 22.6 Å². The van der Waals surface area contributed by atoms with Gasteiger partial charge >= 0.3 is 5.97 Å². The first kappa shape index (κ1) is 18.5. The topological polar surface area (TPSA) is 111 Å². The van der Waals surface area contributed by atoms with Crippen LogP contribution in [-0.2, 0) is 9.53 Å². The highest BCUT2D eigenvalue weighted by Crippen LogP contribution is 2.24. The fourth-order valence-corrected chi connectivity index (χ4v) is 2.13. The Morgan fingerprint density at radius 2 is 1.92 bits per heavy atom. The number of carbonyl (C=O) groups is 2. The molecule has 0 atom stereocenters. The van der Waals surface area contributed by atoms with Crippen LogP contribution in [0.25, 0.3) is 0 Å². The number of hydrogen-bond donors (Lipinski definition) is 3. The van der Waals surface area contributed by atoms with Crippen LogP contribution in [0.4, 0.5) is 11.4 Å². The summed E-state index contributed by atoms with van der Waals surface area (Å²) < 4.78 is 4.67. The van der Waals surface area contributed by atoms with Gasteiger partial charge in [0.05, 0.1) is 24.0 Å². The van der Waals surface area contributed by atoms with Crippen LogP contribution in [0.2, 0.25) is 0 Å². The number of aryl methyl sites for hydroxylation is 1. The van der Waals surface area contributed by atoms with Crippen LogP contribution in [0.3, 0.4) is 0 Å². The van der Waals surface area contributed by atoms with Gasteiger partial charge in [-0.1, -0.05) is 18.2 Å². The number of nitrogens with zero attached hydrogens (tertiary/aromatic N) is 1. The lowest BCUT2D eigenvalue weighted by Crippen LogP contribution is -2.17. The molecule has 0 saturated carbocycles. The number of phenols is 1. The zero-order valence-electron chi connectivity index (χ0n) is 14.2. The molecule has 2 aromatic rings. The summed E-state index contributed by atoms with van der Waals surface area (Å²) in [6.07, 6.45) is 1.19. The number of nitriles is 1. The number of anilines is 2. The van der Waals surface area contributed by atoms with Gasteiger partial charge < -0.3 is 20.5 Å². The molecule has 1 amide bonds. The number of ether oxygens (including phenoxy) is 1. The number of rotatable bonds is 5. The zero-order valence-corrected chi connectivity index (χ0v) is 14.2. The second kappa shape index (κ2) is 8.35. The molecule has 7 nitrogen and oxygen atoms in total. The molecule has 0 heterocycles. The third-order valence-corrected chi connectivity index (χ3v) is 3.47. The molecule has 2 aromatic carbocycles. The van der Waals surface area contributed by atoms with Crippen LogP contribution in [0.1, 0.15) is 15.9 Å². The summed E-state index contributed by atoms with van der Waals surface area (Å²) >= 11 is 0. The number of amides is 1. The third-order valence-electron chi connectivity index (χ3n) is 3.47. The number of benzene rings is 2. The second-order valence-electron chi connectivity index (χ2n) is 5.33. The molecule has 0 bridgehead atoms. The molecular weight excluding hydrogens is 334 g/mol. The molecule has 3 N–H and O–H groups in total. The Labute approximate surface area is 150 Å². The van der Waals surface area contributed by atoms with E-state index < -0.39 is 11.9 Å². The van der Waals surface area contributed by atoms with Crippen LogP contribution in [0.15, 0.2) is 54.2 Å². The molecule has 0 aliphatic rings. The van der Waals surface area contributed by atoms with E-state index in [1.807, 2.05) is 6.92 Å². The van der Waals surface area contributed by atoms with Crippen molar-refractivity contribution < 1.29 is 19.4 Å². The van der Waals surface area contributed by atoms with Crippen LogP contribution >= 0.6 is 0 Å². The van der Waals surface area contributed by atoms with Crippen molar-refractivity contribution in [3.63, 3.8) is 0 Å². The average molecular weight is 351 g/mol. The maximum Gasteiger partial charge on any atom is 0.339 e. The minimum absolute atomic E-state index is 0.0133. The van der Waals surface area contributed by atoms with Crippen molar-refractivity contribution in [1.29, 1.82) is 5.26 Å². The van der Waals surface area contributed by atoms with E-state index in [4.69, 9.17) is 0 Å². The summed E-state index contributed by atoms with van der Waals surface area (Å²) in [5, 5.41) is 24.3. The number of aromatic hydroxyl groups is 1. The van der Waals surface area contributed by atoms with Crippen molar-refractivity contribution >= 4 is 23.3 Å². The van der Waals surface area contributed by atoms with E-state index in [1.54, 1.807) is 30.3 Å². The van der Waals surface area contributed by atoms with Gasteiger partial charge in [0.25, 0.3) is 5.91 Å². The third kappa shape index (κ3) is 4.39. The summed E-state index contributed by atoms with van der Waals surface area (Å²) in [5.74, 6) is -1.32. The van der Waals surface area contributed by atoms with E-state index >= 15 is 0 Å². The number of hydrogen-bond acceptors (Lipinski definition) is 6. The summed E-state index contributed by atoms with van der Waals surface area (Å²) in [7, 11) is 1.24. The first-order chi connectivity index (χ1) is 12.5. The van der Waals surface area contributed by atoms with Gasteiger partial charge in [-0.3, -0.25) is 4.79 Å². The molecule has 132 valence electrons. The summed E-state index contributed by atoms with van der Waals surface area (Å²) in [5.41, 5.74) is 1.42. The fraction of sp³-hybridized carbons (Fsp3) is 0.105. The first-order valence-corrected chi connectivity index (χ1v) is 7.61. The molecule has 2 rings (SSSR count). The minimum Gasteiger partial charge on any atom is -0.506 e. The van der Waals surface area contributed by atoms with Crippen molar-refractivity contribution in [2.45, 2.75) is 6.92 Å². The van der Waals surface area contributed by atoms with Crippen molar-refractivity contribution in [3.8, 4) is 11.8 Å². The van der Waals surface area contributed by atoms with E-state index in [0.717, 1.165) is 5.56 Å². The average Bonchev–Trinajstić information content (AvgIpc) is 2.64. The van der Waals surface area contributed by atoms with E-state index in [2.05, 4.69) is 15.4 Å². The molecule has 26 heavy (non-hydrogen) atoms. The monoisotopic (exact) mass is 351 g/mol. The number of methoxy groups -OCH3 is 1. The number of esters is 1. The molecule has 0 saturated heterocycles. The number of para-hydroxylation sites is 1. The molecule has 0 fully saturated rings. The Morgan fingerprint density at radius 3 is 2.62 bits per heavy atom. The van der Waals surface area contributed by atoms with Gasteiger partial charge in [-0.2, -0.15) is 5.26 Å². The van der Waals surface area contributed by atoms with Crippen molar-refractivity contribution in [2.24, 2.45) is 0 Å². The maximum absolute atomic E-state index is 12.3. The predicted octanol–water partition coefficient (Wildman–Crippen LogP) is 2.95. The van der Waals surface area contributed by atoms with E-state index in [1.165, 1.54) is 31.5 Å². The quantitative estimate of drug-likeness (QED) is 0.330. The lowest BCUT2D eigenvalue weighted by atomic mass is 10.1. The first-order valence-electron chi connectivity index (χ1n) is 7.61. The molecule has 0 aliphatic heterocycles. The Kier molecular flexibility index (Phi) is 5.96. The van der Waals surface area contributed by atoms with Gasteiger partial charge in [-0.05, 0) is 36.8 Å². The lowest BCUT2D eigenvalue weighted by molar-refractivity contribution is -0.112. The Morgan fingerprint density at radius 1 is 1.19 bits per heavy atom. The Balaban J connectivity index is 2.21. The molecule has 0 unspecified atom stereocenters. The van der Waals surface area contributed by atoms with Gasteiger partial charge in [0.2, 0.25) is 0 Å². The number of phenolic OH excluding ortho intramolecular Hbond substituents is 1. The zero-order chi connectivity index (χ0) is 19.1. The van der Waals surface area contributed by atoms with Gasteiger partial charge in [-0.15, -0.1) is 0 Å². The molecule has 0 aliphatic carbocycles. The van der Waals surface area contributed by atoms with E-state index in [9.17, 15) is 20.0 Å². The number of nitrogens with one attached hydrogen (secondary N) is 2. The van der Waals surface area contributed by atoms with Gasteiger partial charge in [0, 0.05) is 6.20 Å². The van der Waals surface area contributed by atoms with Gasteiger partial charge in [0.15, 0.2) is 0 Å². The molecule has 0 spiro atoms. The van der Waals surface area contributed by atoms with Crippen LogP contribution in [0.5, 0.6) is 5.75 Å². The highest BCUT2D eigenvalue weighted by Gasteiger charge is 2.15. The fourth-order valence-electron chi connectivity index (χ4n) is 2.13. The Hall–Kier alpha value is -3.79. The highest BCUT2D eigenvalue weighted by molar-refractivity contribution is 6.09. The molecule has 0 aromatic heterocycles. The normalized spacial score (nSPS) is 10.6. The SMILES string of the molecule is COC(=O)c1ccccc1NC(=O)/C(C#N)=C\Nc1cc(C)ccc1O. The van der Waals surface area contributed by atoms with Crippen LogP contribution < -0.4 is 10.6 Å². The van der Waals surface area contributed by atoms with Crippen LogP contribution in [0, 0.1) is 18.3 Å². The van der Waals surface area contributed by atoms with Crippen molar-refractivity contribution in [1.82, 2.24) is 0 Å². The summed E-state index contributed by atoms with van der Waals surface area (Å²) in [4.78, 5) is 24.1. The summed E-state index contributed by atoms with van der Waals surface area (Å²) in [6, 6.07) is 13.0. The standard InChI is InChI=1S/C19H17N3O4/c1-12-7-8-17(23)16(9-12)21-11-13(10-20)18(24)22-15-6-4-3-5-14(15)19(25)26-2/h3-9,11,21,23H,1-2H3,(H,22,24)/b13-11-. The number of carbonyl (C=O) groups excluding carboxylic acids is 2. The largest absolute Gasteiger partial charge is 0.506 e. The summed E-state index contributed by atoms with van der Waals surface area (Å²) in [6.45, 7) is 1.84. The van der Waals surface area contributed by atoms with Crippen molar-refractivity contribution in [3.05, 3.63) is 65.4 Å². The predicted molar refractivity (Wildman–Crippen MR) is 96.6 cm³/mol. The minimum atomic E-state index is -0.705. The molecule has 0 radical (unpaired) electrons. The second-order valence-corrected chi connectivity index (χ2v) is 5.33. The van der Waals surface area contributed by atoms with Gasteiger partial charge in [0.1, 0.15) is 17.4 Å².